The number of benzene rings is 1. The molecular formula is C19H28N2O7S2. The van der Waals surface area contributed by atoms with E-state index in [9.17, 15) is 26.4 Å². The fourth-order valence-electron chi connectivity index (χ4n) is 3.16. The molecule has 11 heteroatoms. The highest BCUT2D eigenvalue weighted by Gasteiger charge is 2.35. The zero-order chi connectivity index (χ0) is 22.5. The van der Waals surface area contributed by atoms with Gasteiger partial charge in [-0.1, -0.05) is 32.0 Å². The van der Waals surface area contributed by atoms with Crippen LogP contribution in [0.15, 0.2) is 35.2 Å². The zero-order valence-corrected chi connectivity index (χ0v) is 18.9. The smallest absolute Gasteiger partial charge is 0.324 e. The highest BCUT2D eigenvalue weighted by molar-refractivity contribution is 7.91. The molecule has 0 saturated carbocycles. The summed E-state index contributed by atoms with van der Waals surface area (Å²) in [5.74, 6) is -1.38. The van der Waals surface area contributed by atoms with Crippen molar-refractivity contribution < 1.29 is 31.2 Å². The van der Waals surface area contributed by atoms with Crippen molar-refractivity contribution in [1.29, 1.82) is 0 Å². The average molecular weight is 461 g/mol. The van der Waals surface area contributed by atoms with Crippen molar-refractivity contribution in [2.45, 2.75) is 44.2 Å². The first-order valence-corrected chi connectivity index (χ1v) is 13.0. The molecule has 9 nitrogen and oxygen atoms in total. The number of hydrogen-bond donors (Lipinski definition) is 1. The molecule has 30 heavy (non-hydrogen) atoms. The van der Waals surface area contributed by atoms with Crippen LogP contribution in [0.3, 0.4) is 0 Å². The first-order chi connectivity index (χ1) is 13.9. The summed E-state index contributed by atoms with van der Waals surface area (Å²) in [4.78, 5) is 26.3. The maximum absolute atomic E-state index is 12.6. The Morgan fingerprint density at radius 1 is 1.20 bits per heavy atom. The maximum atomic E-state index is 12.6. The number of nitrogens with one attached hydrogen (secondary N) is 1. The Bertz CT molecular complexity index is 960. The van der Waals surface area contributed by atoms with Gasteiger partial charge in [0.1, 0.15) is 6.04 Å². The molecule has 2 atom stereocenters. The Kier molecular flexibility index (Phi) is 8.00. The lowest BCUT2D eigenvalue weighted by molar-refractivity contribution is -0.154. The van der Waals surface area contributed by atoms with Crippen LogP contribution in [0.2, 0.25) is 0 Å². The molecule has 1 amide bonds. The molecule has 1 saturated heterocycles. The van der Waals surface area contributed by atoms with Gasteiger partial charge < -0.3 is 9.64 Å². The number of esters is 1. The molecule has 168 valence electrons. The van der Waals surface area contributed by atoms with E-state index in [1.807, 2.05) is 13.8 Å². The molecule has 1 aliphatic rings. The van der Waals surface area contributed by atoms with E-state index in [2.05, 4.69) is 4.72 Å². The van der Waals surface area contributed by atoms with Gasteiger partial charge in [0, 0.05) is 12.6 Å². The van der Waals surface area contributed by atoms with E-state index >= 15 is 0 Å². The molecule has 2 unspecified atom stereocenters. The van der Waals surface area contributed by atoms with Crippen molar-refractivity contribution in [2.24, 2.45) is 5.92 Å². The van der Waals surface area contributed by atoms with Gasteiger partial charge in [0.25, 0.3) is 5.91 Å². The van der Waals surface area contributed by atoms with Gasteiger partial charge in [-0.25, -0.2) is 16.8 Å². The molecule has 1 fully saturated rings. The van der Waals surface area contributed by atoms with Gasteiger partial charge in [-0.2, -0.15) is 4.72 Å². The molecule has 0 bridgehead atoms. The fourth-order valence-corrected chi connectivity index (χ4v) is 6.10. The minimum Gasteiger partial charge on any atom is -0.454 e. The van der Waals surface area contributed by atoms with E-state index in [1.54, 1.807) is 18.2 Å². The third kappa shape index (κ3) is 6.78. The molecule has 0 aliphatic carbocycles. The van der Waals surface area contributed by atoms with E-state index in [1.165, 1.54) is 24.0 Å². The zero-order valence-electron chi connectivity index (χ0n) is 17.3. The second kappa shape index (κ2) is 9.88. The van der Waals surface area contributed by atoms with Gasteiger partial charge >= 0.3 is 5.97 Å². The summed E-state index contributed by atoms with van der Waals surface area (Å²) in [6.07, 6.45) is 0.349. The van der Waals surface area contributed by atoms with Gasteiger partial charge in [0.15, 0.2) is 16.4 Å². The van der Waals surface area contributed by atoms with Gasteiger partial charge in [-0.15, -0.1) is 0 Å². The monoisotopic (exact) mass is 460 g/mol. The molecule has 1 N–H and O–H groups in total. The molecule has 1 heterocycles. The molecule has 0 aromatic heterocycles. The number of carbonyl (C=O) groups is 2. The maximum Gasteiger partial charge on any atom is 0.324 e. The van der Waals surface area contributed by atoms with E-state index in [0.29, 0.717) is 13.0 Å². The number of rotatable bonds is 9. The van der Waals surface area contributed by atoms with Gasteiger partial charge in [-0.3, -0.25) is 9.59 Å². The molecule has 0 radical (unpaired) electrons. The highest BCUT2D eigenvalue weighted by Crippen LogP contribution is 2.19. The third-order valence-corrected chi connectivity index (χ3v) is 7.92. The lowest BCUT2D eigenvalue weighted by Crippen LogP contribution is -2.46. The van der Waals surface area contributed by atoms with Gasteiger partial charge in [0.2, 0.25) is 10.0 Å². The molecule has 0 spiro atoms. The summed E-state index contributed by atoms with van der Waals surface area (Å²) in [7, 11) is -7.09. The topological polar surface area (TPSA) is 127 Å². The summed E-state index contributed by atoms with van der Waals surface area (Å²) >= 11 is 0. The lowest BCUT2D eigenvalue weighted by Gasteiger charge is -2.29. The quantitative estimate of drug-likeness (QED) is 0.534. The molecule has 1 aliphatic heterocycles. The van der Waals surface area contributed by atoms with Crippen molar-refractivity contribution >= 4 is 31.7 Å². The lowest BCUT2D eigenvalue weighted by atomic mass is 10.1. The Labute approximate surface area is 177 Å². The van der Waals surface area contributed by atoms with E-state index in [4.69, 9.17) is 4.74 Å². The predicted octanol–water partition coefficient (Wildman–Crippen LogP) is 0.568. The van der Waals surface area contributed by atoms with Crippen molar-refractivity contribution in [3.8, 4) is 0 Å². The summed E-state index contributed by atoms with van der Waals surface area (Å²) < 4.78 is 55.4. The third-order valence-electron chi connectivity index (χ3n) is 4.61. The number of amides is 1. The Balaban J connectivity index is 1.96. The van der Waals surface area contributed by atoms with Crippen molar-refractivity contribution in [1.82, 2.24) is 9.62 Å². The van der Waals surface area contributed by atoms with Crippen LogP contribution in [0.25, 0.3) is 0 Å². The van der Waals surface area contributed by atoms with Crippen LogP contribution in [0.4, 0.5) is 0 Å². The molecule has 1 aromatic rings. The van der Waals surface area contributed by atoms with E-state index in [-0.39, 0.29) is 22.3 Å². The molecule has 2 rings (SSSR count). The number of sulfone groups is 1. The van der Waals surface area contributed by atoms with Gasteiger partial charge in [0.05, 0.1) is 16.4 Å². The van der Waals surface area contributed by atoms with Gasteiger partial charge in [-0.05, 0) is 31.4 Å². The summed E-state index contributed by atoms with van der Waals surface area (Å²) in [6.45, 7) is 4.88. The second-order valence-electron chi connectivity index (χ2n) is 7.76. The first kappa shape index (κ1) is 24.3. The average Bonchev–Trinajstić information content (AvgIpc) is 3.03. The summed E-state index contributed by atoms with van der Waals surface area (Å²) in [5, 5.41) is 0. The van der Waals surface area contributed by atoms with E-state index < -0.39 is 50.4 Å². The summed E-state index contributed by atoms with van der Waals surface area (Å²) in [5.41, 5.74) is 0. The standard InChI is InChI=1S/C19H28N2O7S2/c1-14(2)11-21(16-9-10-29(24,25)13-16)18(22)12-28-19(23)15(3)20-30(26,27)17-7-5-4-6-8-17/h4-8,14-16,20H,9-13H2,1-3H3. The fraction of sp³-hybridized carbons (Fsp3) is 0.579. The van der Waals surface area contributed by atoms with Crippen molar-refractivity contribution in [3.05, 3.63) is 30.3 Å². The Morgan fingerprint density at radius 3 is 2.37 bits per heavy atom. The highest BCUT2D eigenvalue weighted by atomic mass is 32.2. The van der Waals surface area contributed by atoms with Crippen LogP contribution in [0.5, 0.6) is 0 Å². The minimum atomic E-state index is -3.91. The van der Waals surface area contributed by atoms with E-state index in [0.717, 1.165) is 0 Å². The molecule has 1 aromatic carbocycles. The van der Waals surface area contributed by atoms with Crippen LogP contribution in [0, 0.1) is 5.92 Å². The largest absolute Gasteiger partial charge is 0.454 e. The molecular weight excluding hydrogens is 432 g/mol. The number of nitrogens with zero attached hydrogens (tertiary/aromatic N) is 1. The summed E-state index contributed by atoms with van der Waals surface area (Å²) in [6, 6.07) is 5.92. The van der Waals surface area contributed by atoms with Crippen molar-refractivity contribution in [3.63, 3.8) is 0 Å². The minimum absolute atomic E-state index is 0.00581. The van der Waals surface area contributed by atoms with Crippen LogP contribution in [-0.2, 0) is 34.2 Å². The first-order valence-electron chi connectivity index (χ1n) is 9.65. The second-order valence-corrected chi connectivity index (χ2v) is 11.7. The Hall–Kier alpha value is -1.98. The Morgan fingerprint density at radius 2 is 1.83 bits per heavy atom. The predicted molar refractivity (Wildman–Crippen MR) is 111 cm³/mol. The number of carbonyl (C=O) groups excluding carboxylic acids is 2. The van der Waals surface area contributed by atoms with Crippen LogP contribution in [-0.4, -0.2) is 70.4 Å². The SMILES string of the molecule is CC(C)CN(C(=O)COC(=O)C(C)NS(=O)(=O)c1ccccc1)C1CCS(=O)(=O)C1. The number of hydrogen-bond acceptors (Lipinski definition) is 7. The normalized spacial score (nSPS) is 19.4. The van der Waals surface area contributed by atoms with Crippen LogP contribution >= 0.6 is 0 Å². The van der Waals surface area contributed by atoms with Crippen molar-refractivity contribution in [2.75, 3.05) is 24.7 Å². The number of sulfonamides is 1. The van der Waals surface area contributed by atoms with Crippen LogP contribution in [0.1, 0.15) is 27.2 Å². The number of ether oxygens (including phenoxy) is 1. The van der Waals surface area contributed by atoms with Crippen LogP contribution < -0.4 is 4.72 Å².